The fraction of sp³-hybridized carbons (Fsp3) is 0.889. The van der Waals surface area contributed by atoms with Gasteiger partial charge in [0.2, 0.25) is 0 Å². The number of piperazine rings is 1. The van der Waals surface area contributed by atoms with Crippen molar-refractivity contribution in [2.45, 2.75) is 13.0 Å². The summed E-state index contributed by atoms with van der Waals surface area (Å²) in [5.41, 5.74) is 0. The van der Waals surface area contributed by atoms with E-state index in [1.165, 1.54) is 0 Å². The van der Waals surface area contributed by atoms with E-state index < -0.39 is 0 Å². The van der Waals surface area contributed by atoms with Crippen molar-refractivity contribution in [3.05, 3.63) is 0 Å². The summed E-state index contributed by atoms with van der Waals surface area (Å²) in [6, 6.07) is 0.441. The fourth-order valence-electron chi connectivity index (χ4n) is 1.49. The Bertz CT molecular complexity index is 216. The molecule has 0 radical (unpaired) electrons. The molecular weight excluding hydrogens is 309 g/mol. The summed E-state index contributed by atoms with van der Waals surface area (Å²) in [4.78, 5) is 13.5. The first-order valence-corrected chi connectivity index (χ1v) is 6.05. The van der Waals surface area contributed by atoms with E-state index in [1.807, 2.05) is 4.90 Å². The van der Waals surface area contributed by atoms with Crippen molar-refractivity contribution in [2.24, 2.45) is 0 Å². The van der Waals surface area contributed by atoms with Crippen LogP contribution in [0.1, 0.15) is 6.92 Å². The van der Waals surface area contributed by atoms with Gasteiger partial charge in [-0.2, -0.15) is 0 Å². The number of hydrogen-bond acceptors (Lipinski definition) is 3. The van der Waals surface area contributed by atoms with Gasteiger partial charge in [0.25, 0.3) is 0 Å². The molecule has 88 valence electrons. The predicted molar refractivity (Wildman–Crippen MR) is 67.0 cm³/mol. The first-order chi connectivity index (χ1) is 7.15. The number of carbonyl (C=O) groups excluding carboxylic acids is 1. The number of amides is 2. The van der Waals surface area contributed by atoms with Crippen molar-refractivity contribution >= 4 is 28.9 Å². The van der Waals surface area contributed by atoms with Crippen LogP contribution >= 0.6 is 22.9 Å². The molecule has 1 atom stereocenters. The molecule has 1 heterocycles. The fourth-order valence-corrected chi connectivity index (χ4v) is 1.88. The molecule has 1 unspecified atom stereocenters. The lowest BCUT2D eigenvalue weighted by molar-refractivity contribution is 0.153. The lowest BCUT2D eigenvalue weighted by Gasteiger charge is -2.36. The average molecular weight is 327 g/mol. The molecular formula is C9H18IN3O2. The molecule has 0 aromatic carbocycles. The van der Waals surface area contributed by atoms with Crippen LogP contribution in [0.5, 0.6) is 0 Å². The molecule has 1 rings (SSSR count). The van der Waals surface area contributed by atoms with Crippen LogP contribution in [0.15, 0.2) is 0 Å². The molecule has 0 bridgehead atoms. The molecule has 0 aliphatic carbocycles. The third kappa shape index (κ3) is 4.12. The Kier molecular flexibility index (Phi) is 5.62. The van der Waals surface area contributed by atoms with E-state index in [0.29, 0.717) is 19.2 Å². The number of halogens is 1. The molecule has 0 saturated carbocycles. The monoisotopic (exact) mass is 327 g/mol. The maximum atomic E-state index is 11.7. The third-order valence-electron chi connectivity index (χ3n) is 2.42. The smallest absolute Gasteiger partial charge is 0.317 e. The molecule has 0 spiro atoms. The molecule has 0 aromatic heterocycles. The third-order valence-corrected chi connectivity index (χ3v) is 3.85. The van der Waals surface area contributed by atoms with Crippen LogP contribution in [-0.4, -0.2) is 60.0 Å². The Labute approximate surface area is 105 Å². The molecule has 1 aliphatic heterocycles. The van der Waals surface area contributed by atoms with E-state index in [0.717, 1.165) is 19.6 Å². The largest absolute Gasteiger partial charge is 0.383 e. The highest BCUT2D eigenvalue weighted by atomic mass is 127. The van der Waals surface area contributed by atoms with E-state index in [2.05, 4.69) is 38.2 Å². The van der Waals surface area contributed by atoms with Crippen molar-refractivity contribution in [2.75, 3.05) is 39.9 Å². The van der Waals surface area contributed by atoms with E-state index in [1.54, 1.807) is 7.11 Å². The minimum absolute atomic E-state index is 0.0170. The van der Waals surface area contributed by atoms with Crippen molar-refractivity contribution in [1.82, 2.24) is 13.3 Å². The van der Waals surface area contributed by atoms with Gasteiger partial charge in [0.15, 0.2) is 0 Å². The highest BCUT2D eigenvalue weighted by Crippen LogP contribution is 2.13. The normalized spacial score (nSPS) is 22.9. The number of rotatable bonds is 3. The molecule has 1 N–H and O–H groups in total. The second-order valence-electron chi connectivity index (χ2n) is 3.64. The second kappa shape index (κ2) is 6.49. The summed E-state index contributed by atoms with van der Waals surface area (Å²) in [7, 11) is 1.63. The van der Waals surface area contributed by atoms with E-state index in [4.69, 9.17) is 4.74 Å². The summed E-state index contributed by atoms with van der Waals surface area (Å²) in [5.74, 6) is 0. The minimum Gasteiger partial charge on any atom is -0.383 e. The van der Waals surface area contributed by atoms with Crippen LogP contribution in [0.25, 0.3) is 0 Å². The quantitative estimate of drug-likeness (QED) is 0.472. The summed E-state index contributed by atoms with van der Waals surface area (Å²) in [6.45, 7) is 5.79. The Morgan fingerprint density at radius 2 is 2.33 bits per heavy atom. The van der Waals surface area contributed by atoms with Gasteiger partial charge in [-0.1, -0.05) is 0 Å². The molecule has 6 heteroatoms. The Hall–Kier alpha value is -0.0800. The molecule has 1 saturated heterocycles. The Morgan fingerprint density at radius 1 is 1.60 bits per heavy atom. The van der Waals surface area contributed by atoms with Crippen molar-refractivity contribution in [3.63, 3.8) is 0 Å². The van der Waals surface area contributed by atoms with Crippen LogP contribution in [0.3, 0.4) is 0 Å². The Morgan fingerprint density at radius 3 is 2.93 bits per heavy atom. The van der Waals surface area contributed by atoms with Crippen LogP contribution in [0, 0.1) is 0 Å². The molecule has 15 heavy (non-hydrogen) atoms. The molecule has 0 aromatic rings. The lowest BCUT2D eigenvalue weighted by Crippen LogP contribution is -2.53. The maximum Gasteiger partial charge on any atom is 0.317 e. The lowest BCUT2D eigenvalue weighted by atomic mass is 10.2. The van der Waals surface area contributed by atoms with Gasteiger partial charge in [0.1, 0.15) is 0 Å². The first kappa shape index (κ1) is 13.0. The molecule has 1 aliphatic rings. The van der Waals surface area contributed by atoms with E-state index >= 15 is 0 Å². The zero-order valence-electron chi connectivity index (χ0n) is 9.20. The van der Waals surface area contributed by atoms with Gasteiger partial charge < -0.3 is 15.0 Å². The van der Waals surface area contributed by atoms with Crippen LogP contribution in [-0.2, 0) is 4.74 Å². The maximum absolute atomic E-state index is 11.7. The topological polar surface area (TPSA) is 44.8 Å². The average Bonchev–Trinajstić information content (AvgIpc) is 2.22. The van der Waals surface area contributed by atoms with E-state index in [-0.39, 0.29) is 6.03 Å². The molecule has 2 amide bonds. The van der Waals surface area contributed by atoms with E-state index in [9.17, 15) is 4.79 Å². The van der Waals surface area contributed by atoms with Gasteiger partial charge in [-0.05, 0) is 6.92 Å². The molecule has 5 nitrogen and oxygen atoms in total. The van der Waals surface area contributed by atoms with Gasteiger partial charge >= 0.3 is 6.03 Å². The predicted octanol–water partition coefficient (Wildman–Crippen LogP) is 0.698. The van der Waals surface area contributed by atoms with Crippen molar-refractivity contribution < 1.29 is 9.53 Å². The highest BCUT2D eigenvalue weighted by Gasteiger charge is 2.24. The number of hydrogen-bond donors (Lipinski definition) is 1. The van der Waals surface area contributed by atoms with Gasteiger partial charge in [-0.25, -0.2) is 7.91 Å². The summed E-state index contributed by atoms with van der Waals surface area (Å²) in [5, 5.41) is 2.83. The Balaban J connectivity index is 2.28. The second-order valence-corrected chi connectivity index (χ2v) is 4.88. The van der Waals surface area contributed by atoms with Gasteiger partial charge in [0.05, 0.1) is 6.61 Å². The number of nitrogens with zero attached hydrogens (tertiary/aromatic N) is 2. The number of nitrogens with one attached hydrogen (secondary N) is 1. The summed E-state index contributed by atoms with van der Waals surface area (Å²) in [6.07, 6.45) is 0. The summed E-state index contributed by atoms with van der Waals surface area (Å²) < 4.78 is 7.11. The van der Waals surface area contributed by atoms with Crippen LogP contribution in [0.2, 0.25) is 0 Å². The van der Waals surface area contributed by atoms with Crippen LogP contribution < -0.4 is 5.32 Å². The highest BCUT2D eigenvalue weighted by molar-refractivity contribution is 14.1. The SMILES string of the molecule is COCCNC(=O)N1CCN(I)C(C)C1. The zero-order chi connectivity index (χ0) is 11.3. The van der Waals surface area contributed by atoms with Crippen LogP contribution in [0.4, 0.5) is 4.79 Å². The zero-order valence-corrected chi connectivity index (χ0v) is 11.4. The van der Waals surface area contributed by atoms with Crippen molar-refractivity contribution in [1.29, 1.82) is 0 Å². The first-order valence-electron chi connectivity index (χ1n) is 5.09. The van der Waals surface area contributed by atoms with Gasteiger partial charge in [-0.15, -0.1) is 0 Å². The molecule has 1 fully saturated rings. The number of carbonyl (C=O) groups is 1. The van der Waals surface area contributed by atoms with Gasteiger partial charge in [0, 0.05) is 62.2 Å². The number of methoxy groups -OCH3 is 1. The summed E-state index contributed by atoms with van der Waals surface area (Å²) >= 11 is 2.31. The standard InChI is InChI=1S/C9H18IN3O2/c1-8-7-12(4-5-13(8)10)9(14)11-3-6-15-2/h8H,3-7H2,1-2H3,(H,11,14). The number of ether oxygens (including phenoxy) is 1. The minimum atomic E-state index is 0.0170. The van der Waals surface area contributed by atoms with Crippen molar-refractivity contribution in [3.8, 4) is 0 Å². The number of urea groups is 1. The van der Waals surface area contributed by atoms with Gasteiger partial charge in [-0.3, -0.25) is 0 Å².